The number of hydrogen-bond acceptors (Lipinski definition) is 5. The molecule has 5 rings (SSSR count). The van der Waals surface area contributed by atoms with Gasteiger partial charge < -0.3 is 9.47 Å². The number of barbiturate groups is 1. The largest absolute Gasteiger partial charge is 0.489 e. The van der Waals surface area contributed by atoms with Crippen molar-refractivity contribution in [3.63, 3.8) is 0 Å². The molecule has 1 saturated heterocycles. The molecule has 0 unspecified atom stereocenters. The molecule has 1 N–H and O–H groups in total. The summed E-state index contributed by atoms with van der Waals surface area (Å²) in [5, 5.41) is 2.23. The maximum Gasteiger partial charge on any atom is 0.335 e. The molecular weight excluding hydrogens is 659 g/mol. The van der Waals surface area contributed by atoms with Gasteiger partial charge in [0.2, 0.25) is 0 Å². The van der Waals surface area contributed by atoms with E-state index in [4.69, 9.17) is 9.47 Å². The van der Waals surface area contributed by atoms with Crippen molar-refractivity contribution in [3.05, 3.63) is 128 Å². The van der Waals surface area contributed by atoms with E-state index in [-0.39, 0.29) is 23.7 Å². The predicted molar refractivity (Wildman–Crippen MR) is 159 cm³/mol. The zero-order chi connectivity index (χ0) is 28.9. The molecule has 1 aliphatic rings. The molecule has 4 aromatic carbocycles. The third-order valence-electron chi connectivity index (χ3n) is 6.07. The van der Waals surface area contributed by atoms with E-state index in [1.807, 2.05) is 30.3 Å². The molecule has 0 spiro atoms. The summed E-state index contributed by atoms with van der Waals surface area (Å²) in [6.45, 7) is 0.567. The van der Waals surface area contributed by atoms with Crippen LogP contribution in [0.3, 0.4) is 0 Å². The average Bonchev–Trinajstić information content (AvgIpc) is 2.96. The van der Waals surface area contributed by atoms with Crippen LogP contribution in [0.25, 0.3) is 6.08 Å². The molecule has 4 amide bonds. The molecule has 0 aliphatic carbocycles. The highest BCUT2D eigenvalue weighted by Crippen LogP contribution is 2.36. The van der Waals surface area contributed by atoms with Crippen LogP contribution in [0.4, 0.5) is 14.9 Å². The van der Waals surface area contributed by atoms with Gasteiger partial charge >= 0.3 is 6.03 Å². The Kier molecular flexibility index (Phi) is 8.61. The molecule has 0 radical (unpaired) electrons. The highest BCUT2D eigenvalue weighted by atomic mass is 79.9. The molecule has 1 fully saturated rings. The number of halogens is 3. The summed E-state index contributed by atoms with van der Waals surface area (Å²) in [7, 11) is 0. The van der Waals surface area contributed by atoms with Crippen LogP contribution in [-0.2, 0) is 22.8 Å². The number of hydrogen-bond donors (Lipinski definition) is 1. The number of imide groups is 2. The van der Waals surface area contributed by atoms with Gasteiger partial charge in [0, 0.05) is 0 Å². The fourth-order valence-corrected chi connectivity index (χ4v) is 5.48. The predicted octanol–water partition coefficient (Wildman–Crippen LogP) is 7.18. The van der Waals surface area contributed by atoms with Gasteiger partial charge in [0.25, 0.3) is 11.8 Å². The fourth-order valence-electron chi connectivity index (χ4n) is 4.03. The second-order valence-corrected chi connectivity index (χ2v) is 10.7. The van der Waals surface area contributed by atoms with Crippen LogP contribution >= 0.6 is 31.9 Å². The number of carbonyl (C=O) groups is 3. The number of ether oxygens (including phenoxy) is 2. The first-order chi connectivity index (χ1) is 19.8. The van der Waals surface area contributed by atoms with Gasteiger partial charge in [-0.2, -0.15) is 0 Å². The number of anilines is 1. The van der Waals surface area contributed by atoms with Crippen LogP contribution in [-0.4, -0.2) is 17.8 Å². The first-order valence-corrected chi connectivity index (χ1v) is 13.9. The third-order valence-corrected chi connectivity index (χ3v) is 7.25. The normalized spacial score (nSPS) is 14.3. The second kappa shape index (κ2) is 12.5. The van der Waals surface area contributed by atoms with Crippen molar-refractivity contribution in [1.29, 1.82) is 0 Å². The average molecular weight is 680 g/mol. The molecule has 0 saturated carbocycles. The number of rotatable bonds is 8. The van der Waals surface area contributed by atoms with E-state index in [1.165, 1.54) is 18.2 Å². The quantitative estimate of drug-likeness (QED) is 0.158. The summed E-state index contributed by atoms with van der Waals surface area (Å²) < 4.78 is 25.9. The van der Waals surface area contributed by atoms with E-state index >= 15 is 0 Å². The van der Waals surface area contributed by atoms with Crippen LogP contribution in [0.5, 0.6) is 11.5 Å². The van der Waals surface area contributed by atoms with Crippen LogP contribution in [0.15, 0.2) is 106 Å². The van der Waals surface area contributed by atoms with E-state index in [0.29, 0.717) is 32.6 Å². The SMILES string of the molecule is O=C1NC(=O)N(c2ccc(OCc3ccccc3)cc2)C(=O)/C1=C/c1cc(Br)c(OCc2ccc(F)cc2)c(Br)c1. The minimum Gasteiger partial charge on any atom is -0.489 e. The summed E-state index contributed by atoms with van der Waals surface area (Å²) >= 11 is 6.93. The first-order valence-electron chi connectivity index (χ1n) is 12.3. The Labute approximate surface area is 251 Å². The molecule has 41 heavy (non-hydrogen) atoms. The number of nitrogens with zero attached hydrogens (tertiary/aromatic N) is 1. The molecule has 0 atom stereocenters. The number of urea groups is 1. The maximum absolute atomic E-state index is 13.3. The summed E-state index contributed by atoms with van der Waals surface area (Å²) in [6.07, 6.45) is 1.40. The standard InChI is InChI=1S/C31H21Br2FN2O5/c32-26-15-21(16-27(33)28(26)41-18-20-6-8-22(34)9-7-20)14-25-29(37)35-31(39)36(30(25)38)23-10-12-24(13-11-23)40-17-19-4-2-1-3-5-19/h1-16H,17-18H2,(H,35,37,39)/b25-14+. The summed E-state index contributed by atoms with van der Waals surface area (Å²) in [4.78, 5) is 39.5. The zero-order valence-electron chi connectivity index (χ0n) is 21.3. The first kappa shape index (κ1) is 28.3. The molecule has 1 aliphatic heterocycles. The molecule has 7 nitrogen and oxygen atoms in total. The number of amides is 4. The Hall–Kier alpha value is -4.28. The van der Waals surface area contributed by atoms with Crippen LogP contribution in [0.1, 0.15) is 16.7 Å². The van der Waals surface area contributed by atoms with Gasteiger partial charge in [-0.05, 0) is 103 Å². The van der Waals surface area contributed by atoms with Gasteiger partial charge in [-0.3, -0.25) is 14.9 Å². The van der Waals surface area contributed by atoms with E-state index in [1.54, 1.807) is 48.5 Å². The number of benzene rings is 4. The van der Waals surface area contributed by atoms with Crippen molar-refractivity contribution >= 4 is 61.5 Å². The second-order valence-electron chi connectivity index (χ2n) is 8.95. The lowest BCUT2D eigenvalue weighted by molar-refractivity contribution is -0.122. The van der Waals surface area contributed by atoms with Crippen molar-refractivity contribution in [1.82, 2.24) is 5.32 Å². The van der Waals surface area contributed by atoms with Gasteiger partial charge in [-0.15, -0.1) is 0 Å². The van der Waals surface area contributed by atoms with E-state index in [9.17, 15) is 18.8 Å². The molecule has 0 bridgehead atoms. The van der Waals surface area contributed by atoms with Crippen molar-refractivity contribution in [3.8, 4) is 11.5 Å². The fraction of sp³-hybridized carbons (Fsp3) is 0.0645. The maximum atomic E-state index is 13.3. The van der Waals surface area contributed by atoms with Gasteiger partial charge in [-0.25, -0.2) is 14.1 Å². The Morgan fingerprint density at radius 1 is 0.780 bits per heavy atom. The minimum absolute atomic E-state index is 0.200. The Bertz CT molecular complexity index is 1620. The lowest BCUT2D eigenvalue weighted by Crippen LogP contribution is -2.54. The van der Waals surface area contributed by atoms with Crippen molar-refractivity contribution in [2.24, 2.45) is 0 Å². The number of nitrogens with one attached hydrogen (secondary N) is 1. The lowest BCUT2D eigenvalue weighted by atomic mass is 10.1. The highest BCUT2D eigenvalue weighted by Gasteiger charge is 2.36. The monoisotopic (exact) mass is 678 g/mol. The Morgan fingerprint density at radius 2 is 1.39 bits per heavy atom. The van der Waals surface area contributed by atoms with Gasteiger partial charge in [0.05, 0.1) is 14.6 Å². The zero-order valence-corrected chi connectivity index (χ0v) is 24.4. The molecule has 10 heteroatoms. The smallest absolute Gasteiger partial charge is 0.335 e. The van der Waals surface area contributed by atoms with E-state index < -0.39 is 17.8 Å². The number of carbonyl (C=O) groups excluding carboxylic acids is 3. The summed E-state index contributed by atoms with van der Waals surface area (Å²) in [5.74, 6) is -0.850. The molecule has 4 aromatic rings. The van der Waals surface area contributed by atoms with E-state index in [2.05, 4.69) is 37.2 Å². The van der Waals surface area contributed by atoms with Crippen molar-refractivity contribution in [2.45, 2.75) is 13.2 Å². The van der Waals surface area contributed by atoms with Crippen LogP contribution in [0, 0.1) is 5.82 Å². The lowest BCUT2D eigenvalue weighted by Gasteiger charge is -2.26. The van der Waals surface area contributed by atoms with Gasteiger partial charge in [0.1, 0.15) is 36.1 Å². The highest BCUT2D eigenvalue weighted by molar-refractivity contribution is 9.11. The molecule has 1 heterocycles. The van der Waals surface area contributed by atoms with Crippen LogP contribution in [0.2, 0.25) is 0 Å². The van der Waals surface area contributed by atoms with Crippen molar-refractivity contribution < 1.29 is 28.2 Å². The van der Waals surface area contributed by atoms with Gasteiger partial charge in [-0.1, -0.05) is 42.5 Å². The van der Waals surface area contributed by atoms with Crippen molar-refractivity contribution in [2.75, 3.05) is 4.90 Å². The Balaban J connectivity index is 1.32. The van der Waals surface area contributed by atoms with E-state index in [0.717, 1.165) is 16.0 Å². The molecule has 206 valence electrons. The molecular formula is C31H21Br2FN2O5. The Morgan fingerprint density at radius 3 is 2.05 bits per heavy atom. The van der Waals surface area contributed by atoms with Crippen LogP contribution < -0.4 is 19.7 Å². The summed E-state index contributed by atoms with van der Waals surface area (Å²) in [6, 6.07) is 24.6. The molecule has 0 aromatic heterocycles. The van der Waals surface area contributed by atoms with Gasteiger partial charge in [0.15, 0.2) is 0 Å². The third kappa shape index (κ3) is 6.72. The topological polar surface area (TPSA) is 84.9 Å². The summed E-state index contributed by atoms with van der Waals surface area (Å²) in [5.41, 5.74) is 2.36. The minimum atomic E-state index is -0.845.